The third-order valence-electron chi connectivity index (χ3n) is 3.85. The fourth-order valence-corrected chi connectivity index (χ4v) is 2.65. The molecule has 1 aromatic rings. The van der Waals surface area contributed by atoms with Crippen LogP contribution in [0.1, 0.15) is 30.9 Å². The van der Waals surface area contributed by atoms with E-state index in [2.05, 4.69) is 5.32 Å². The molecule has 5 nitrogen and oxygen atoms in total. The summed E-state index contributed by atoms with van der Waals surface area (Å²) in [7, 11) is 0. The zero-order chi connectivity index (χ0) is 15.9. The lowest BCUT2D eigenvalue weighted by atomic mass is 10.0. The van der Waals surface area contributed by atoms with Crippen LogP contribution < -0.4 is 5.32 Å². The minimum absolute atomic E-state index is 0.0187. The third kappa shape index (κ3) is 4.76. The lowest BCUT2D eigenvalue weighted by Gasteiger charge is -2.33. The summed E-state index contributed by atoms with van der Waals surface area (Å²) in [5, 5.41) is 2.82. The van der Waals surface area contributed by atoms with E-state index in [1.54, 1.807) is 6.92 Å². The highest BCUT2D eigenvalue weighted by Crippen LogP contribution is 2.13. The smallest absolute Gasteiger partial charge is 0.407 e. The number of piperidine rings is 1. The summed E-state index contributed by atoms with van der Waals surface area (Å²) in [6, 6.07) is 8.00. The molecule has 1 heterocycles. The molecule has 1 N–H and O–H groups in total. The molecule has 1 aliphatic rings. The van der Waals surface area contributed by atoms with Gasteiger partial charge in [0, 0.05) is 19.1 Å². The highest BCUT2D eigenvalue weighted by Gasteiger charge is 2.25. The van der Waals surface area contributed by atoms with Crippen molar-refractivity contribution >= 4 is 12.0 Å². The average Bonchev–Trinajstić information content (AvgIpc) is 2.50. The monoisotopic (exact) mass is 304 g/mol. The Labute approximate surface area is 131 Å². The van der Waals surface area contributed by atoms with Crippen molar-refractivity contribution in [1.29, 1.82) is 0 Å². The molecule has 1 atom stereocenters. The molecular weight excluding hydrogens is 280 g/mol. The highest BCUT2D eigenvalue weighted by atomic mass is 16.5. The van der Waals surface area contributed by atoms with Crippen LogP contribution in [0.25, 0.3) is 0 Å². The Balaban J connectivity index is 1.87. The van der Waals surface area contributed by atoms with Crippen LogP contribution >= 0.6 is 0 Å². The molecular formula is C17H24N2O3. The molecule has 0 saturated carbocycles. The summed E-state index contributed by atoms with van der Waals surface area (Å²) in [6.45, 7) is 5.48. The maximum absolute atomic E-state index is 12.4. The fourth-order valence-electron chi connectivity index (χ4n) is 2.65. The van der Waals surface area contributed by atoms with E-state index in [-0.39, 0.29) is 11.9 Å². The van der Waals surface area contributed by atoms with Gasteiger partial charge in [-0.05, 0) is 32.3 Å². The van der Waals surface area contributed by atoms with E-state index in [0.29, 0.717) is 19.6 Å². The number of ether oxygens (including phenoxy) is 1. The van der Waals surface area contributed by atoms with Crippen LogP contribution in [0.3, 0.4) is 0 Å². The van der Waals surface area contributed by atoms with Crippen molar-refractivity contribution in [1.82, 2.24) is 10.2 Å². The second-order valence-electron chi connectivity index (χ2n) is 5.71. The second kappa shape index (κ2) is 7.82. The SMILES string of the molecule is CCOC(=O)N[C@@H]1CCCN(C(=O)Cc2ccc(C)cc2)C1. The van der Waals surface area contributed by atoms with Crippen molar-refractivity contribution in [2.24, 2.45) is 0 Å². The Bertz CT molecular complexity index is 513. The van der Waals surface area contributed by atoms with Crippen LogP contribution in [0.2, 0.25) is 0 Å². The minimum Gasteiger partial charge on any atom is -0.450 e. The first kappa shape index (κ1) is 16.3. The minimum atomic E-state index is -0.402. The standard InChI is InChI=1S/C17H24N2O3/c1-3-22-17(21)18-15-5-4-10-19(12-15)16(20)11-14-8-6-13(2)7-9-14/h6-9,15H,3-5,10-12H2,1-2H3,(H,18,21)/t15-/m1/s1. The van der Waals surface area contributed by atoms with Gasteiger partial charge < -0.3 is 15.0 Å². The zero-order valence-electron chi connectivity index (χ0n) is 13.3. The Hall–Kier alpha value is -2.04. The summed E-state index contributed by atoms with van der Waals surface area (Å²) in [6.07, 6.45) is 1.79. The normalized spacial score (nSPS) is 17.9. The molecule has 1 fully saturated rings. The topological polar surface area (TPSA) is 58.6 Å². The first-order valence-electron chi connectivity index (χ1n) is 7.85. The van der Waals surface area contributed by atoms with Crippen LogP contribution in [0.4, 0.5) is 4.79 Å². The van der Waals surface area contributed by atoms with Crippen LogP contribution in [0.15, 0.2) is 24.3 Å². The molecule has 0 spiro atoms. The summed E-state index contributed by atoms with van der Waals surface area (Å²) in [4.78, 5) is 25.7. The maximum atomic E-state index is 12.4. The molecule has 22 heavy (non-hydrogen) atoms. The van der Waals surface area contributed by atoms with Crippen LogP contribution in [-0.2, 0) is 16.0 Å². The Morgan fingerprint density at radius 2 is 2.05 bits per heavy atom. The van der Waals surface area contributed by atoms with Crippen molar-refractivity contribution < 1.29 is 14.3 Å². The van der Waals surface area contributed by atoms with E-state index in [1.807, 2.05) is 36.1 Å². The molecule has 1 aliphatic heterocycles. The van der Waals surface area contributed by atoms with Crippen molar-refractivity contribution in [3.8, 4) is 0 Å². The summed E-state index contributed by atoms with van der Waals surface area (Å²) >= 11 is 0. The van der Waals surface area contributed by atoms with Gasteiger partial charge in [0.2, 0.25) is 5.91 Å². The van der Waals surface area contributed by atoms with Gasteiger partial charge in [-0.2, -0.15) is 0 Å². The number of alkyl carbamates (subject to hydrolysis) is 1. The molecule has 5 heteroatoms. The quantitative estimate of drug-likeness (QED) is 0.928. The van der Waals surface area contributed by atoms with E-state index >= 15 is 0 Å². The summed E-state index contributed by atoms with van der Waals surface area (Å²) < 4.78 is 4.89. The molecule has 0 unspecified atom stereocenters. The number of rotatable bonds is 4. The van der Waals surface area contributed by atoms with E-state index < -0.39 is 6.09 Å². The lowest BCUT2D eigenvalue weighted by molar-refractivity contribution is -0.131. The van der Waals surface area contributed by atoms with Crippen molar-refractivity contribution in [3.05, 3.63) is 35.4 Å². The number of benzene rings is 1. The number of aryl methyl sites for hydroxylation is 1. The molecule has 1 saturated heterocycles. The third-order valence-corrected chi connectivity index (χ3v) is 3.85. The fraction of sp³-hybridized carbons (Fsp3) is 0.529. The van der Waals surface area contributed by atoms with Gasteiger partial charge in [0.25, 0.3) is 0 Å². The van der Waals surface area contributed by atoms with Gasteiger partial charge in [0.1, 0.15) is 0 Å². The largest absolute Gasteiger partial charge is 0.450 e. The van der Waals surface area contributed by atoms with Gasteiger partial charge in [0.05, 0.1) is 13.0 Å². The van der Waals surface area contributed by atoms with Crippen molar-refractivity contribution in [2.75, 3.05) is 19.7 Å². The molecule has 2 amide bonds. The Morgan fingerprint density at radius 1 is 1.32 bits per heavy atom. The first-order valence-corrected chi connectivity index (χ1v) is 7.85. The molecule has 0 aromatic heterocycles. The first-order chi connectivity index (χ1) is 10.6. The zero-order valence-corrected chi connectivity index (χ0v) is 13.3. The van der Waals surface area contributed by atoms with E-state index in [1.165, 1.54) is 5.56 Å². The molecule has 0 aliphatic carbocycles. The molecule has 120 valence electrons. The molecule has 0 radical (unpaired) electrons. The number of nitrogens with zero attached hydrogens (tertiary/aromatic N) is 1. The van der Waals surface area contributed by atoms with Crippen LogP contribution in [0.5, 0.6) is 0 Å². The van der Waals surface area contributed by atoms with E-state index in [9.17, 15) is 9.59 Å². The number of likely N-dealkylation sites (tertiary alicyclic amines) is 1. The molecule has 1 aromatic carbocycles. The van der Waals surface area contributed by atoms with Gasteiger partial charge in [-0.1, -0.05) is 29.8 Å². The number of amides is 2. The number of carbonyl (C=O) groups excluding carboxylic acids is 2. The van der Waals surface area contributed by atoms with Gasteiger partial charge in [-0.3, -0.25) is 4.79 Å². The number of hydrogen-bond acceptors (Lipinski definition) is 3. The van der Waals surface area contributed by atoms with E-state index in [4.69, 9.17) is 4.74 Å². The lowest BCUT2D eigenvalue weighted by Crippen LogP contribution is -2.50. The van der Waals surface area contributed by atoms with Crippen molar-refractivity contribution in [2.45, 2.75) is 39.2 Å². The summed E-state index contributed by atoms with van der Waals surface area (Å²) in [5.41, 5.74) is 2.21. The average molecular weight is 304 g/mol. The number of hydrogen-bond donors (Lipinski definition) is 1. The van der Waals surface area contributed by atoms with Crippen LogP contribution in [0, 0.1) is 6.92 Å². The predicted octanol–water partition coefficient (Wildman–Crippen LogP) is 2.27. The molecule has 0 bridgehead atoms. The van der Waals surface area contributed by atoms with Gasteiger partial charge >= 0.3 is 6.09 Å². The summed E-state index contributed by atoms with van der Waals surface area (Å²) in [5.74, 6) is 0.110. The van der Waals surface area contributed by atoms with Gasteiger partial charge in [0.15, 0.2) is 0 Å². The van der Waals surface area contributed by atoms with Crippen molar-refractivity contribution in [3.63, 3.8) is 0 Å². The van der Waals surface area contributed by atoms with Gasteiger partial charge in [-0.15, -0.1) is 0 Å². The Morgan fingerprint density at radius 3 is 2.73 bits per heavy atom. The molecule has 2 rings (SSSR count). The van der Waals surface area contributed by atoms with Gasteiger partial charge in [-0.25, -0.2) is 4.79 Å². The van der Waals surface area contributed by atoms with Crippen LogP contribution in [-0.4, -0.2) is 42.6 Å². The Kier molecular flexibility index (Phi) is 5.81. The number of carbonyl (C=O) groups is 2. The predicted molar refractivity (Wildman–Crippen MR) is 84.6 cm³/mol. The second-order valence-corrected chi connectivity index (χ2v) is 5.71. The van der Waals surface area contributed by atoms with E-state index in [0.717, 1.165) is 24.9 Å². The maximum Gasteiger partial charge on any atom is 0.407 e. The highest BCUT2D eigenvalue weighted by molar-refractivity contribution is 5.79. The number of nitrogens with one attached hydrogen (secondary N) is 1.